The summed E-state index contributed by atoms with van der Waals surface area (Å²) in [6.45, 7) is 0. The van der Waals surface area contributed by atoms with Crippen molar-refractivity contribution in [1.82, 2.24) is 0 Å². The van der Waals surface area contributed by atoms with Crippen LogP contribution in [0.3, 0.4) is 0 Å². The Balaban J connectivity index is 3.15. The molecule has 0 aliphatic rings. The van der Waals surface area contributed by atoms with Crippen molar-refractivity contribution in [2.24, 2.45) is 5.73 Å². The molecule has 1 rings (SSSR count). The summed E-state index contributed by atoms with van der Waals surface area (Å²) in [6.07, 6.45) is 0. The van der Waals surface area contributed by atoms with Gasteiger partial charge >= 0.3 is 0 Å². The van der Waals surface area contributed by atoms with Crippen LogP contribution in [0.5, 0.6) is 0 Å². The molecule has 0 aliphatic heterocycles. The second-order valence-electron chi connectivity index (χ2n) is 1.99. The third-order valence-electron chi connectivity index (χ3n) is 1.20. The van der Waals surface area contributed by atoms with Crippen molar-refractivity contribution < 1.29 is 9.18 Å². The molecule has 11 heavy (non-hydrogen) atoms. The van der Waals surface area contributed by atoms with E-state index in [1.807, 2.05) is 0 Å². The molecule has 0 heterocycles. The zero-order valence-corrected chi connectivity index (χ0v) is 6.23. The topological polar surface area (TPSA) is 43.1 Å². The Hall–Kier alpha value is -1.09. The lowest BCUT2D eigenvalue weighted by molar-refractivity contribution is 0.1000. The van der Waals surface area contributed by atoms with Crippen molar-refractivity contribution in [2.45, 2.75) is 0 Å². The molecule has 1 amide bonds. The van der Waals surface area contributed by atoms with Gasteiger partial charge in [-0.1, -0.05) is 11.6 Å². The largest absolute Gasteiger partial charge is 0.366 e. The molecule has 1 aromatic rings. The number of carbonyl (C=O) groups is 1. The Bertz CT molecular complexity index is 300. The molecule has 0 aliphatic carbocycles. The molecule has 58 valence electrons. The van der Waals surface area contributed by atoms with E-state index in [9.17, 15) is 9.18 Å². The van der Waals surface area contributed by atoms with E-state index in [0.717, 1.165) is 6.07 Å². The van der Waals surface area contributed by atoms with E-state index >= 15 is 0 Å². The van der Waals surface area contributed by atoms with Gasteiger partial charge in [0.1, 0.15) is 5.82 Å². The highest BCUT2D eigenvalue weighted by Gasteiger charge is 2.03. The maximum atomic E-state index is 12.6. The molecule has 0 atom stereocenters. The van der Waals surface area contributed by atoms with Gasteiger partial charge < -0.3 is 5.73 Å². The van der Waals surface area contributed by atoms with Crippen LogP contribution in [0.4, 0.5) is 4.39 Å². The lowest BCUT2D eigenvalue weighted by Gasteiger charge is -1.95. The number of primary amides is 1. The van der Waals surface area contributed by atoms with E-state index in [1.165, 1.54) is 12.1 Å². The quantitative estimate of drug-likeness (QED) is 0.689. The highest BCUT2D eigenvalue weighted by atomic mass is 35.5. The fraction of sp³-hybridized carbons (Fsp3) is 0. The van der Waals surface area contributed by atoms with Crippen LogP contribution in [0.1, 0.15) is 10.4 Å². The van der Waals surface area contributed by atoms with Gasteiger partial charge in [0.25, 0.3) is 0 Å². The summed E-state index contributed by atoms with van der Waals surface area (Å²) < 4.78 is 12.6. The standard InChI is InChI=1S/C7H5ClFNO/c8-5-2-1-4(7(10)11)3-6(5)9/h1-3H,(H2,10,11). The Labute approximate surface area is 67.8 Å². The average molecular weight is 174 g/mol. The van der Waals surface area contributed by atoms with Gasteiger partial charge in [0.05, 0.1) is 5.02 Å². The minimum absolute atomic E-state index is 0.0185. The summed E-state index contributed by atoms with van der Waals surface area (Å²) in [5.74, 6) is -1.30. The van der Waals surface area contributed by atoms with E-state index in [4.69, 9.17) is 17.3 Å². The van der Waals surface area contributed by atoms with E-state index < -0.39 is 11.7 Å². The minimum Gasteiger partial charge on any atom is -0.366 e. The first-order chi connectivity index (χ1) is 5.11. The van der Waals surface area contributed by atoms with Gasteiger partial charge in [-0.25, -0.2) is 4.39 Å². The third-order valence-corrected chi connectivity index (χ3v) is 1.51. The van der Waals surface area contributed by atoms with E-state index in [-0.39, 0.29) is 10.6 Å². The fourth-order valence-corrected chi connectivity index (χ4v) is 0.767. The van der Waals surface area contributed by atoms with Crippen LogP contribution in [-0.4, -0.2) is 5.91 Å². The Morgan fingerprint density at radius 1 is 1.55 bits per heavy atom. The second-order valence-corrected chi connectivity index (χ2v) is 2.40. The lowest BCUT2D eigenvalue weighted by Crippen LogP contribution is -2.10. The first-order valence-electron chi connectivity index (χ1n) is 2.86. The van der Waals surface area contributed by atoms with Gasteiger partial charge in [-0.3, -0.25) is 4.79 Å². The predicted octanol–water partition coefficient (Wildman–Crippen LogP) is 1.58. The molecule has 0 bridgehead atoms. The van der Waals surface area contributed by atoms with Crippen LogP contribution in [-0.2, 0) is 0 Å². The van der Waals surface area contributed by atoms with Crippen molar-refractivity contribution in [3.63, 3.8) is 0 Å². The maximum Gasteiger partial charge on any atom is 0.248 e. The number of rotatable bonds is 1. The van der Waals surface area contributed by atoms with Crippen LogP contribution in [0.2, 0.25) is 5.02 Å². The number of hydrogen-bond acceptors (Lipinski definition) is 1. The summed E-state index contributed by atoms with van der Waals surface area (Å²) in [6, 6.07) is 3.66. The number of nitrogens with two attached hydrogens (primary N) is 1. The van der Waals surface area contributed by atoms with E-state index in [1.54, 1.807) is 0 Å². The molecule has 2 N–H and O–H groups in total. The molecule has 4 heteroatoms. The van der Waals surface area contributed by atoms with Gasteiger partial charge in [-0.05, 0) is 18.2 Å². The fourth-order valence-electron chi connectivity index (χ4n) is 0.649. The molecule has 0 spiro atoms. The number of amides is 1. The van der Waals surface area contributed by atoms with Crippen molar-refractivity contribution in [3.8, 4) is 0 Å². The van der Waals surface area contributed by atoms with Crippen molar-refractivity contribution in [1.29, 1.82) is 0 Å². The Morgan fingerprint density at radius 2 is 2.18 bits per heavy atom. The molecule has 0 aromatic heterocycles. The second kappa shape index (κ2) is 2.88. The average Bonchev–Trinajstić information content (AvgIpc) is 1.94. The zero-order valence-electron chi connectivity index (χ0n) is 5.47. The molecular formula is C7H5ClFNO. The molecule has 0 fully saturated rings. The normalized spacial score (nSPS) is 9.64. The Morgan fingerprint density at radius 3 is 2.64 bits per heavy atom. The van der Waals surface area contributed by atoms with Gasteiger partial charge in [0.15, 0.2) is 0 Å². The maximum absolute atomic E-state index is 12.6. The van der Waals surface area contributed by atoms with Crippen LogP contribution in [0.15, 0.2) is 18.2 Å². The summed E-state index contributed by atoms with van der Waals surface area (Å²) in [5.41, 5.74) is 5.00. The smallest absolute Gasteiger partial charge is 0.248 e. The van der Waals surface area contributed by atoms with Crippen LogP contribution in [0, 0.1) is 5.82 Å². The van der Waals surface area contributed by atoms with Gasteiger partial charge in [-0.15, -0.1) is 0 Å². The molecule has 0 saturated carbocycles. The molecule has 2 nitrogen and oxygen atoms in total. The molecule has 1 aromatic carbocycles. The lowest BCUT2D eigenvalue weighted by atomic mass is 10.2. The number of hydrogen-bond donors (Lipinski definition) is 1. The third kappa shape index (κ3) is 1.68. The SMILES string of the molecule is NC(=O)c1ccc(Cl)c(F)c1. The van der Waals surface area contributed by atoms with Gasteiger partial charge in [0.2, 0.25) is 5.91 Å². The van der Waals surface area contributed by atoms with Gasteiger partial charge in [0, 0.05) is 5.56 Å². The van der Waals surface area contributed by atoms with Gasteiger partial charge in [-0.2, -0.15) is 0 Å². The van der Waals surface area contributed by atoms with Crippen molar-refractivity contribution in [3.05, 3.63) is 34.6 Å². The minimum atomic E-state index is -0.666. The molecule has 0 unspecified atom stereocenters. The highest BCUT2D eigenvalue weighted by molar-refractivity contribution is 6.30. The first-order valence-corrected chi connectivity index (χ1v) is 3.24. The van der Waals surface area contributed by atoms with E-state index in [0.29, 0.717) is 0 Å². The zero-order chi connectivity index (χ0) is 8.43. The summed E-state index contributed by atoms with van der Waals surface area (Å²) >= 11 is 5.36. The number of halogens is 2. The Kier molecular flexibility index (Phi) is 2.10. The van der Waals surface area contributed by atoms with Crippen LogP contribution < -0.4 is 5.73 Å². The predicted molar refractivity (Wildman–Crippen MR) is 39.9 cm³/mol. The van der Waals surface area contributed by atoms with Crippen LogP contribution >= 0.6 is 11.6 Å². The highest BCUT2D eigenvalue weighted by Crippen LogP contribution is 2.14. The van der Waals surface area contributed by atoms with E-state index in [2.05, 4.69) is 0 Å². The van der Waals surface area contributed by atoms with Crippen LogP contribution in [0.25, 0.3) is 0 Å². The van der Waals surface area contributed by atoms with Crippen molar-refractivity contribution in [2.75, 3.05) is 0 Å². The summed E-state index contributed by atoms with van der Waals surface area (Å²) in [4.78, 5) is 10.5. The number of benzene rings is 1. The molecule has 0 radical (unpaired) electrons. The summed E-state index contributed by atoms with van der Waals surface area (Å²) in [7, 11) is 0. The van der Waals surface area contributed by atoms with Crippen molar-refractivity contribution >= 4 is 17.5 Å². The molecular weight excluding hydrogens is 169 g/mol. The first kappa shape index (κ1) is 8.01. The monoisotopic (exact) mass is 173 g/mol. The molecule has 0 saturated heterocycles. The number of carbonyl (C=O) groups excluding carboxylic acids is 1. The summed E-state index contributed by atoms with van der Waals surface area (Å²) in [5, 5.41) is -0.0185.